The maximum atomic E-state index is 10.0. The Morgan fingerprint density at radius 3 is 2.39 bits per heavy atom. The molecule has 0 aromatic heterocycles. The molecule has 0 bridgehead atoms. The lowest BCUT2D eigenvalue weighted by Gasteiger charge is -2.18. The van der Waals surface area contributed by atoms with Crippen LogP contribution < -0.4 is 0 Å². The minimum Gasteiger partial charge on any atom is -0.508 e. The van der Waals surface area contributed by atoms with E-state index in [0.29, 0.717) is 5.75 Å². The molecule has 2 nitrogen and oxygen atoms in total. The van der Waals surface area contributed by atoms with E-state index in [1.165, 1.54) is 5.56 Å². The second-order valence-corrected chi connectivity index (χ2v) is 4.42. The van der Waals surface area contributed by atoms with Gasteiger partial charge in [-0.2, -0.15) is 0 Å². The summed E-state index contributed by atoms with van der Waals surface area (Å²) in [5.74, 6) is 0.459. The van der Waals surface area contributed by atoms with Crippen molar-refractivity contribution in [3.63, 3.8) is 0 Å². The Balaban J connectivity index is 2.44. The van der Waals surface area contributed by atoms with Gasteiger partial charge in [0, 0.05) is 11.5 Å². The lowest BCUT2D eigenvalue weighted by molar-refractivity contribution is 0.281. The quantitative estimate of drug-likeness (QED) is 0.862. The van der Waals surface area contributed by atoms with E-state index in [0.717, 1.165) is 17.5 Å². The van der Waals surface area contributed by atoms with Crippen molar-refractivity contribution in [3.05, 3.63) is 65.2 Å². The summed E-state index contributed by atoms with van der Waals surface area (Å²) in [6.45, 7) is 2.10. The van der Waals surface area contributed by atoms with E-state index in [1.54, 1.807) is 12.1 Å². The van der Waals surface area contributed by atoms with Gasteiger partial charge in [-0.3, -0.25) is 0 Å². The summed E-state index contributed by atoms with van der Waals surface area (Å²) >= 11 is 0. The van der Waals surface area contributed by atoms with E-state index < -0.39 is 0 Å². The number of aliphatic hydroxyl groups excluding tert-OH is 1. The number of benzene rings is 2. The Bertz CT molecular complexity index is 506. The van der Waals surface area contributed by atoms with Crippen molar-refractivity contribution in [1.82, 2.24) is 0 Å². The first kappa shape index (κ1) is 12.7. The lowest BCUT2D eigenvalue weighted by atomic mass is 9.88. The number of phenols is 1. The molecular weight excluding hydrogens is 224 g/mol. The first-order valence-electron chi connectivity index (χ1n) is 6.23. The van der Waals surface area contributed by atoms with Crippen LogP contribution in [0.5, 0.6) is 5.75 Å². The molecule has 2 heteroatoms. The highest BCUT2D eigenvalue weighted by Crippen LogP contribution is 2.34. The maximum Gasteiger partial charge on any atom is 0.119 e. The summed E-state index contributed by atoms with van der Waals surface area (Å²) in [6, 6.07) is 15.4. The van der Waals surface area contributed by atoms with Crippen LogP contribution in [0.3, 0.4) is 0 Å². The number of phenolic OH excluding ortho intramolecular Hbond substituents is 1. The molecule has 0 saturated heterocycles. The molecule has 18 heavy (non-hydrogen) atoms. The third-order valence-electron chi connectivity index (χ3n) is 3.26. The normalized spacial score (nSPS) is 12.3. The summed E-state index contributed by atoms with van der Waals surface area (Å²) in [5, 5.41) is 19.2. The highest BCUT2D eigenvalue weighted by atomic mass is 16.3. The van der Waals surface area contributed by atoms with E-state index in [4.69, 9.17) is 0 Å². The van der Waals surface area contributed by atoms with E-state index in [-0.39, 0.29) is 12.5 Å². The minimum atomic E-state index is -0.00148. The summed E-state index contributed by atoms with van der Waals surface area (Å²) < 4.78 is 0. The van der Waals surface area contributed by atoms with Crippen LogP contribution in [0.2, 0.25) is 0 Å². The highest BCUT2D eigenvalue weighted by Gasteiger charge is 2.16. The molecule has 0 aliphatic heterocycles. The summed E-state index contributed by atoms with van der Waals surface area (Å²) in [5.41, 5.74) is 2.90. The van der Waals surface area contributed by atoms with Crippen molar-refractivity contribution >= 4 is 0 Å². The Morgan fingerprint density at radius 1 is 1.06 bits per heavy atom. The van der Waals surface area contributed by atoms with Gasteiger partial charge in [-0.15, -0.1) is 0 Å². The second-order valence-electron chi connectivity index (χ2n) is 4.42. The minimum absolute atomic E-state index is 0.00148. The largest absolute Gasteiger partial charge is 0.508 e. The van der Waals surface area contributed by atoms with Gasteiger partial charge in [-0.25, -0.2) is 0 Å². The van der Waals surface area contributed by atoms with Crippen LogP contribution >= 0.6 is 0 Å². The van der Waals surface area contributed by atoms with Gasteiger partial charge in [-0.1, -0.05) is 43.3 Å². The number of hydrogen-bond donors (Lipinski definition) is 2. The SMILES string of the molecule is CCC(c1ccccc1)c1cc(CO)ccc1O. The average Bonchev–Trinajstić information content (AvgIpc) is 2.43. The third kappa shape index (κ3) is 2.54. The smallest absolute Gasteiger partial charge is 0.119 e. The second kappa shape index (κ2) is 5.69. The molecule has 0 radical (unpaired) electrons. The Hall–Kier alpha value is -1.80. The maximum absolute atomic E-state index is 10.0. The van der Waals surface area contributed by atoms with Crippen molar-refractivity contribution in [2.24, 2.45) is 0 Å². The van der Waals surface area contributed by atoms with E-state index in [1.807, 2.05) is 24.3 Å². The number of rotatable bonds is 4. The van der Waals surface area contributed by atoms with Crippen LogP contribution in [0.1, 0.15) is 36.0 Å². The van der Waals surface area contributed by atoms with E-state index in [9.17, 15) is 10.2 Å². The van der Waals surface area contributed by atoms with Gasteiger partial charge < -0.3 is 10.2 Å². The molecule has 0 aliphatic rings. The molecule has 0 heterocycles. The molecule has 0 aliphatic carbocycles. The standard InChI is InChI=1S/C16H18O2/c1-2-14(13-6-4-3-5-7-13)15-10-12(11-17)8-9-16(15)18/h3-10,14,17-18H,2,11H2,1H3. The molecule has 1 unspecified atom stereocenters. The molecule has 0 spiro atoms. The highest BCUT2D eigenvalue weighted by molar-refractivity contribution is 5.43. The molecule has 94 valence electrons. The number of aliphatic hydroxyl groups is 1. The van der Waals surface area contributed by atoms with Crippen LogP contribution in [0.4, 0.5) is 0 Å². The molecule has 0 fully saturated rings. The van der Waals surface area contributed by atoms with Gasteiger partial charge in [0.15, 0.2) is 0 Å². The van der Waals surface area contributed by atoms with Gasteiger partial charge in [0.05, 0.1) is 6.61 Å². The lowest BCUT2D eigenvalue weighted by Crippen LogP contribution is -2.01. The summed E-state index contributed by atoms with van der Waals surface area (Å²) in [4.78, 5) is 0. The van der Waals surface area contributed by atoms with Gasteiger partial charge in [0.25, 0.3) is 0 Å². The van der Waals surface area contributed by atoms with Crippen LogP contribution in [-0.4, -0.2) is 10.2 Å². The van der Waals surface area contributed by atoms with Gasteiger partial charge in [-0.05, 0) is 29.7 Å². The van der Waals surface area contributed by atoms with Crippen LogP contribution in [0.15, 0.2) is 48.5 Å². The third-order valence-corrected chi connectivity index (χ3v) is 3.26. The Kier molecular flexibility index (Phi) is 4.00. The molecule has 2 N–H and O–H groups in total. The fourth-order valence-corrected chi connectivity index (χ4v) is 2.30. The average molecular weight is 242 g/mol. The Morgan fingerprint density at radius 2 is 1.78 bits per heavy atom. The zero-order valence-electron chi connectivity index (χ0n) is 10.5. The topological polar surface area (TPSA) is 40.5 Å². The summed E-state index contributed by atoms with van der Waals surface area (Å²) in [6.07, 6.45) is 0.909. The number of aromatic hydroxyl groups is 1. The molecule has 1 atom stereocenters. The van der Waals surface area contributed by atoms with Gasteiger partial charge in [0.2, 0.25) is 0 Å². The molecule has 0 amide bonds. The number of hydrogen-bond acceptors (Lipinski definition) is 2. The van der Waals surface area contributed by atoms with Crippen LogP contribution in [0.25, 0.3) is 0 Å². The molecule has 2 aromatic rings. The summed E-state index contributed by atoms with van der Waals surface area (Å²) in [7, 11) is 0. The monoisotopic (exact) mass is 242 g/mol. The van der Waals surface area contributed by atoms with Crippen molar-refractivity contribution < 1.29 is 10.2 Å². The van der Waals surface area contributed by atoms with Crippen LogP contribution in [-0.2, 0) is 6.61 Å². The van der Waals surface area contributed by atoms with Crippen molar-refractivity contribution in [3.8, 4) is 5.75 Å². The predicted molar refractivity (Wildman–Crippen MR) is 72.6 cm³/mol. The zero-order chi connectivity index (χ0) is 13.0. The molecule has 2 aromatic carbocycles. The molecule has 0 saturated carbocycles. The fourth-order valence-electron chi connectivity index (χ4n) is 2.30. The first-order chi connectivity index (χ1) is 8.76. The zero-order valence-corrected chi connectivity index (χ0v) is 10.5. The first-order valence-corrected chi connectivity index (χ1v) is 6.23. The van der Waals surface area contributed by atoms with Crippen molar-refractivity contribution in [2.45, 2.75) is 25.9 Å². The van der Waals surface area contributed by atoms with Gasteiger partial charge in [0.1, 0.15) is 5.75 Å². The Labute approximate surface area is 108 Å². The molecule has 2 rings (SSSR count). The van der Waals surface area contributed by atoms with Gasteiger partial charge >= 0.3 is 0 Å². The molecular formula is C16H18O2. The predicted octanol–water partition coefficient (Wildman–Crippen LogP) is 3.43. The fraction of sp³-hybridized carbons (Fsp3) is 0.250. The van der Waals surface area contributed by atoms with Crippen LogP contribution in [0, 0.1) is 0 Å². The van der Waals surface area contributed by atoms with E-state index >= 15 is 0 Å². The van der Waals surface area contributed by atoms with E-state index in [2.05, 4.69) is 19.1 Å². The van der Waals surface area contributed by atoms with Crippen molar-refractivity contribution in [2.75, 3.05) is 0 Å². The van der Waals surface area contributed by atoms with Crippen molar-refractivity contribution in [1.29, 1.82) is 0 Å².